The molecule has 5 rings (SSSR count). The van der Waals surface area contributed by atoms with Crippen LogP contribution in [0.5, 0.6) is 11.5 Å². The zero-order valence-corrected chi connectivity index (χ0v) is 19.4. The van der Waals surface area contributed by atoms with Gasteiger partial charge in [0.2, 0.25) is 0 Å². The van der Waals surface area contributed by atoms with Gasteiger partial charge in [-0.25, -0.2) is 0 Å². The zero-order chi connectivity index (χ0) is 23.3. The number of hydrogen-bond donors (Lipinski definition) is 0. The summed E-state index contributed by atoms with van der Waals surface area (Å²) in [5.74, 6) is 1.79. The van der Waals surface area contributed by atoms with Gasteiger partial charge in [0.25, 0.3) is 0 Å². The Morgan fingerprint density at radius 1 is 0.441 bits per heavy atom. The minimum Gasteiger partial charge on any atom is -0.496 e. The second-order valence-corrected chi connectivity index (χ2v) is 8.14. The Kier molecular flexibility index (Phi) is 6.13. The molecule has 166 valence electrons. The summed E-state index contributed by atoms with van der Waals surface area (Å²) in [6, 6.07) is 33.5. The molecule has 0 aliphatic heterocycles. The van der Waals surface area contributed by atoms with Gasteiger partial charge >= 0.3 is 0 Å². The third-order valence-electron chi connectivity index (χ3n) is 6.10. The lowest BCUT2D eigenvalue weighted by atomic mass is 10.0. The first-order valence-corrected chi connectivity index (χ1v) is 11.3. The van der Waals surface area contributed by atoms with Crippen molar-refractivity contribution in [3.05, 3.63) is 119 Å². The minimum atomic E-state index is 0.894. The van der Waals surface area contributed by atoms with Crippen LogP contribution in [-0.4, -0.2) is 14.2 Å². The normalized spacial score (nSPS) is 11.6. The third kappa shape index (κ3) is 4.31. The largest absolute Gasteiger partial charge is 0.496 e. The predicted octanol–water partition coefficient (Wildman–Crippen LogP) is 8.35. The maximum absolute atomic E-state index is 5.53. The molecule has 0 aliphatic rings. The summed E-state index contributed by atoms with van der Waals surface area (Å²) < 4.78 is 11.1. The maximum atomic E-state index is 5.53. The van der Waals surface area contributed by atoms with Crippen LogP contribution >= 0.6 is 0 Å². The monoisotopic (exact) mass is 442 g/mol. The van der Waals surface area contributed by atoms with E-state index in [2.05, 4.69) is 97.1 Å². The highest BCUT2D eigenvalue weighted by Gasteiger charge is 2.05. The van der Waals surface area contributed by atoms with Crippen LogP contribution in [0.2, 0.25) is 0 Å². The average Bonchev–Trinajstić information content (AvgIpc) is 2.90. The Bertz CT molecular complexity index is 1410. The second kappa shape index (κ2) is 9.68. The Hall–Kier alpha value is -4.30. The van der Waals surface area contributed by atoms with E-state index >= 15 is 0 Å². The summed E-state index contributed by atoms with van der Waals surface area (Å²) in [6.45, 7) is 0. The van der Waals surface area contributed by atoms with Gasteiger partial charge in [-0.05, 0) is 51.2 Å². The van der Waals surface area contributed by atoms with Crippen molar-refractivity contribution in [2.24, 2.45) is 0 Å². The number of hydrogen-bond acceptors (Lipinski definition) is 2. The molecule has 0 bridgehead atoms. The number of ether oxygens (including phenoxy) is 2. The highest BCUT2D eigenvalue weighted by atomic mass is 16.5. The van der Waals surface area contributed by atoms with Crippen LogP contribution in [0.1, 0.15) is 22.3 Å². The fourth-order valence-electron chi connectivity index (χ4n) is 4.37. The number of methoxy groups -OCH3 is 2. The molecule has 0 aliphatic carbocycles. The van der Waals surface area contributed by atoms with Crippen molar-refractivity contribution >= 4 is 45.8 Å². The molecular formula is C32H26O2. The number of fused-ring (bicyclic) bond motifs is 2. The van der Waals surface area contributed by atoms with E-state index in [9.17, 15) is 0 Å². The fourth-order valence-corrected chi connectivity index (χ4v) is 4.37. The topological polar surface area (TPSA) is 18.5 Å². The molecule has 0 saturated carbocycles. The molecule has 0 N–H and O–H groups in total. The lowest BCUT2D eigenvalue weighted by Crippen LogP contribution is -1.87. The SMILES string of the molecule is COc1ccc(/C=C/c2cccc(/C=C/c3ccc(OC)c4ccccc34)c2)c2ccccc12. The van der Waals surface area contributed by atoms with E-state index in [1.807, 2.05) is 24.3 Å². The van der Waals surface area contributed by atoms with Crippen LogP contribution in [-0.2, 0) is 0 Å². The molecule has 34 heavy (non-hydrogen) atoms. The van der Waals surface area contributed by atoms with Gasteiger partial charge in [-0.2, -0.15) is 0 Å². The van der Waals surface area contributed by atoms with Crippen molar-refractivity contribution in [3.63, 3.8) is 0 Å². The van der Waals surface area contributed by atoms with Gasteiger partial charge in [0, 0.05) is 10.8 Å². The highest BCUT2D eigenvalue weighted by molar-refractivity contribution is 5.97. The molecule has 0 amide bonds. The van der Waals surface area contributed by atoms with Gasteiger partial charge in [-0.15, -0.1) is 0 Å². The van der Waals surface area contributed by atoms with Crippen LogP contribution in [0.4, 0.5) is 0 Å². The molecule has 0 radical (unpaired) electrons. The highest BCUT2D eigenvalue weighted by Crippen LogP contribution is 2.30. The first kappa shape index (κ1) is 21.5. The van der Waals surface area contributed by atoms with Crippen molar-refractivity contribution in [3.8, 4) is 11.5 Å². The quantitative estimate of drug-likeness (QED) is 0.246. The molecule has 0 spiro atoms. The van der Waals surface area contributed by atoms with E-state index in [0.29, 0.717) is 0 Å². The van der Waals surface area contributed by atoms with Gasteiger partial charge in [-0.3, -0.25) is 0 Å². The lowest BCUT2D eigenvalue weighted by Gasteiger charge is -2.08. The van der Waals surface area contributed by atoms with E-state index in [-0.39, 0.29) is 0 Å². The van der Waals surface area contributed by atoms with Crippen molar-refractivity contribution < 1.29 is 9.47 Å². The average molecular weight is 443 g/mol. The van der Waals surface area contributed by atoms with E-state index in [1.165, 1.54) is 21.9 Å². The molecular weight excluding hydrogens is 416 g/mol. The van der Waals surface area contributed by atoms with Gasteiger partial charge in [0.1, 0.15) is 11.5 Å². The van der Waals surface area contributed by atoms with Gasteiger partial charge in [0.05, 0.1) is 14.2 Å². The Labute approximate surface area is 200 Å². The molecule has 0 aromatic heterocycles. The minimum absolute atomic E-state index is 0.894. The molecule has 0 heterocycles. The molecule has 5 aromatic carbocycles. The van der Waals surface area contributed by atoms with Crippen molar-refractivity contribution in [1.29, 1.82) is 0 Å². The van der Waals surface area contributed by atoms with Crippen LogP contribution in [0.15, 0.2) is 97.1 Å². The molecule has 0 unspecified atom stereocenters. The number of rotatable bonds is 6. The Morgan fingerprint density at radius 2 is 0.882 bits per heavy atom. The molecule has 2 heteroatoms. The van der Waals surface area contributed by atoms with Gasteiger partial charge in [0.15, 0.2) is 0 Å². The van der Waals surface area contributed by atoms with Crippen LogP contribution < -0.4 is 9.47 Å². The summed E-state index contributed by atoms with van der Waals surface area (Å²) in [4.78, 5) is 0. The summed E-state index contributed by atoms with van der Waals surface area (Å²) in [7, 11) is 3.43. The lowest BCUT2D eigenvalue weighted by molar-refractivity contribution is 0.419. The summed E-state index contributed by atoms with van der Waals surface area (Å²) in [6.07, 6.45) is 8.66. The maximum Gasteiger partial charge on any atom is 0.126 e. The molecule has 0 atom stereocenters. The van der Waals surface area contributed by atoms with Gasteiger partial charge < -0.3 is 9.47 Å². The van der Waals surface area contributed by atoms with E-state index < -0.39 is 0 Å². The summed E-state index contributed by atoms with van der Waals surface area (Å²) in [5, 5.41) is 4.60. The van der Waals surface area contributed by atoms with Crippen LogP contribution in [0.3, 0.4) is 0 Å². The summed E-state index contributed by atoms with van der Waals surface area (Å²) in [5.41, 5.74) is 4.65. The Morgan fingerprint density at radius 3 is 1.32 bits per heavy atom. The van der Waals surface area contributed by atoms with Crippen molar-refractivity contribution in [2.45, 2.75) is 0 Å². The smallest absolute Gasteiger partial charge is 0.126 e. The summed E-state index contributed by atoms with van der Waals surface area (Å²) >= 11 is 0. The van der Waals surface area contributed by atoms with E-state index in [4.69, 9.17) is 9.47 Å². The molecule has 0 fully saturated rings. The van der Waals surface area contributed by atoms with E-state index in [1.54, 1.807) is 14.2 Å². The first-order chi connectivity index (χ1) is 16.8. The standard InChI is InChI=1S/C32H26O2/c1-33-31-20-18-25(27-10-3-5-12-29(27)31)16-14-23-8-7-9-24(22-23)15-17-26-19-21-32(34-2)30-13-6-4-11-28(26)30/h3-22H,1-2H3/b16-14+,17-15+. The predicted molar refractivity (Wildman–Crippen MR) is 145 cm³/mol. The van der Waals surface area contributed by atoms with Crippen molar-refractivity contribution in [2.75, 3.05) is 14.2 Å². The second-order valence-electron chi connectivity index (χ2n) is 8.14. The number of benzene rings is 5. The first-order valence-electron chi connectivity index (χ1n) is 11.3. The zero-order valence-electron chi connectivity index (χ0n) is 19.4. The van der Waals surface area contributed by atoms with Crippen LogP contribution in [0, 0.1) is 0 Å². The van der Waals surface area contributed by atoms with Crippen LogP contribution in [0.25, 0.3) is 45.8 Å². The molecule has 2 nitrogen and oxygen atoms in total. The molecule has 0 saturated heterocycles. The fraction of sp³-hybridized carbons (Fsp3) is 0.0625. The van der Waals surface area contributed by atoms with E-state index in [0.717, 1.165) is 33.4 Å². The van der Waals surface area contributed by atoms with Crippen molar-refractivity contribution in [1.82, 2.24) is 0 Å². The van der Waals surface area contributed by atoms with Gasteiger partial charge in [-0.1, -0.05) is 103 Å². The Balaban J connectivity index is 1.43. The third-order valence-corrected chi connectivity index (χ3v) is 6.10. The molecule has 5 aromatic rings.